The predicted molar refractivity (Wildman–Crippen MR) is 58.9 cm³/mol. The molecule has 2 N–H and O–H groups in total. The number of allylic oxidation sites excluding steroid dienone is 1. The van der Waals surface area contributed by atoms with E-state index >= 15 is 0 Å². The van der Waals surface area contributed by atoms with Gasteiger partial charge in [0.2, 0.25) is 0 Å². The van der Waals surface area contributed by atoms with E-state index < -0.39 is 6.23 Å². The van der Waals surface area contributed by atoms with Gasteiger partial charge in [0.15, 0.2) is 0 Å². The number of aliphatic hydroxyl groups excluding tert-OH is 1. The zero-order valence-electron chi connectivity index (χ0n) is 8.53. The van der Waals surface area contributed by atoms with E-state index in [1.165, 1.54) is 11.1 Å². The Morgan fingerprint density at radius 1 is 1.43 bits per heavy atom. The monoisotopic (exact) mass is 191 g/mol. The van der Waals surface area contributed by atoms with Crippen molar-refractivity contribution < 1.29 is 5.11 Å². The molecular weight excluding hydrogens is 174 g/mol. The highest BCUT2D eigenvalue weighted by atomic mass is 16.3. The number of rotatable bonds is 5. The second kappa shape index (κ2) is 5.58. The molecule has 0 bridgehead atoms. The van der Waals surface area contributed by atoms with Crippen LogP contribution in [-0.2, 0) is 13.0 Å². The van der Waals surface area contributed by atoms with Crippen molar-refractivity contribution in [3.63, 3.8) is 0 Å². The molecule has 1 rings (SSSR count). The quantitative estimate of drug-likeness (QED) is 0.550. The van der Waals surface area contributed by atoms with Crippen LogP contribution in [0, 0.1) is 0 Å². The van der Waals surface area contributed by atoms with Crippen LogP contribution in [-0.4, -0.2) is 11.3 Å². The number of hydrogen-bond donors (Lipinski definition) is 2. The highest BCUT2D eigenvalue weighted by Crippen LogP contribution is 2.09. The maximum Gasteiger partial charge on any atom is 0.102 e. The summed E-state index contributed by atoms with van der Waals surface area (Å²) in [5.74, 6) is 0. The van der Waals surface area contributed by atoms with Crippen molar-refractivity contribution in [1.29, 1.82) is 0 Å². The molecule has 0 heterocycles. The topological polar surface area (TPSA) is 32.3 Å². The minimum Gasteiger partial charge on any atom is -0.379 e. The van der Waals surface area contributed by atoms with Gasteiger partial charge in [-0.1, -0.05) is 30.3 Å². The Bertz CT molecular complexity index is 294. The Kier molecular flexibility index (Phi) is 4.36. The lowest BCUT2D eigenvalue weighted by Gasteiger charge is -2.10. The third-order valence-electron chi connectivity index (χ3n) is 2.07. The van der Waals surface area contributed by atoms with Crippen molar-refractivity contribution in [2.45, 2.75) is 26.1 Å². The van der Waals surface area contributed by atoms with Crippen LogP contribution >= 0.6 is 0 Å². The Morgan fingerprint density at radius 3 is 2.64 bits per heavy atom. The highest BCUT2D eigenvalue weighted by Gasteiger charge is 2.00. The smallest absolute Gasteiger partial charge is 0.102 e. The normalized spacial score (nSPS) is 12.4. The number of aliphatic hydroxyl groups is 1. The van der Waals surface area contributed by atoms with Gasteiger partial charge in [0.1, 0.15) is 6.23 Å². The Balaban J connectivity index is 2.68. The van der Waals surface area contributed by atoms with Gasteiger partial charge in [-0.25, -0.2) is 0 Å². The van der Waals surface area contributed by atoms with Gasteiger partial charge in [0.25, 0.3) is 0 Å². The van der Waals surface area contributed by atoms with E-state index in [0.717, 1.165) is 6.42 Å². The van der Waals surface area contributed by atoms with Crippen molar-refractivity contribution in [1.82, 2.24) is 5.32 Å². The van der Waals surface area contributed by atoms with Crippen molar-refractivity contribution >= 4 is 0 Å². The standard InChI is InChI=1S/C12H17NO/c1-3-6-11-7-4-5-8-12(11)9-13-10(2)14/h3-5,7-8,10,13-14H,1,6,9H2,2H3. The minimum atomic E-state index is -0.466. The van der Waals surface area contributed by atoms with Crippen LogP contribution in [0.5, 0.6) is 0 Å². The molecule has 0 aromatic heterocycles. The maximum absolute atomic E-state index is 9.10. The number of hydrogen-bond acceptors (Lipinski definition) is 2. The summed E-state index contributed by atoms with van der Waals surface area (Å²) in [5.41, 5.74) is 2.48. The van der Waals surface area contributed by atoms with E-state index in [2.05, 4.69) is 24.0 Å². The molecule has 0 fully saturated rings. The summed E-state index contributed by atoms with van der Waals surface area (Å²) in [5, 5.41) is 12.1. The molecule has 0 saturated carbocycles. The van der Waals surface area contributed by atoms with Crippen molar-refractivity contribution in [2.75, 3.05) is 0 Å². The van der Waals surface area contributed by atoms with Gasteiger partial charge in [-0.2, -0.15) is 0 Å². The number of nitrogens with one attached hydrogen (secondary N) is 1. The first-order valence-corrected chi connectivity index (χ1v) is 4.83. The van der Waals surface area contributed by atoms with Crippen LogP contribution in [0.4, 0.5) is 0 Å². The average Bonchev–Trinajstić information content (AvgIpc) is 2.17. The summed E-state index contributed by atoms with van der Waals surface area (Å²) in [6.07, 6.45) is 2.30. The first kappa shape index (κ1) is 11.0. The zero-order chi connectivity index (χ0) is 10.4. The van der Waals surface area contributed by atoms with Crippen LogP contribution in [0.25, 0.3) is 0 Å². The van der Waals surface area contributed by atoms with Crippen molar-refractivity contribution in [3.8, 4) is 0 Å². The largest absolute Gasteiger partial charge is 0.379 e. The predicted octanol–water partition coefficient (Wildman–Crippen LogP) is 1.84. The van der Waals surface area contributed by atoms with E-state index in [-0.39, 0.29) is 0 Å². The lowest BCUT2D eigenvalue weighted by Crippen LogP contribution is -2.25. The van der Waals surface area contributed by atoms with E-state index in [1.54, 1.807) is 6.92 Å². The molecule has 2 nitrogen and oxygen atoms in total. The van der Waals surface area contributed by atoms with Crippen molar-refractivity contribution in [2.24, 2.45) is 0 Å². The lowest BCUT2D eigenvalue weighted by atomic mass is 10.0. The summed E-state index contributed by atoms with van der Waals surface area (Å²) < 4.78 is 0. The molecule has 1 unspecified atom stereocenters. The summed E-state index contributed by atoms with van der Waals surface area (Å²) >= 11 is 0. The van der Waals surface area contributed by atoms with E-state index in [0.29, 0.717) is 6.54 Å². The van der Waals surface area contributed by atoms with Crippen LogP contribution in [0.15, 0.2) is 36.9 Å². The van der Waals surface area contributed by atoms with Gasteiger partial charge in [-0.05, 0) is 24.5 Å². The summed E-state index contributed by atoms with van der Waals surface area (Å²) in [4.78, 5) is 0. The Labute approximate surface area is 85.3 Å². The molecule has 1 atom stereocenters. The van der Waals surface area contributed by atoms with Gasteiger partial charge in [-0.3, -0.25) is 5.32 Å². The molecule has 0 aliphatic carbocycles. The molecule has 14 heavy (non-hydrogen) atoms. The van der Waals surface area contributed by atoms with Gasteiger partial charge < -0.3 is 5.11 Å². The zero-order valence-corrected chi connectivity index (χ0v) is 8.53. The summed E-state index contributed by atoms with van der Waals surface area (Å²) in [7, 11) is 0. The third-order valence-corrected chi connectivity index (χ3v) is 2.07. The first-order chi connectivity index (χ1) is 6.74. The third kappa shape index (κ3) is 3.32. The molecule has 0 amide bonds. The van der Waals surface area contributed by atoms with Gasteiger partial charge in [-0.15, -0.1) is 6.58 Å². The number of benzene rings is 1. The van der Waals surface area contributed by atoms with E-state index in [1.807, 2.05) is 18.2 Å². The second-order valence-corrected chi connectivity index (χ2v) is 3.32. The first-order valence-electron chi connectivity index (χ1n) is 4.83. The molecule has 1 aromatic carbocycles. The molecule has 76 valence electrons. The SMILES string of the molecule is C=CCc1ccccc1CNC(C)O. The molecule has 0 radical (unpaired) electrons. The minimum absolute atomic E-state index is 0.466. The van der Waals surface area contributed by atoms with Crippen LogP contribution < -0.4 is 5.32 Å². The van der Waals surface area contributed by atoms with Gasteiger partial charge in [0, 0.05) is 6.54 Å². The van der Waals surface area contributed by atoms with Crippen LogP contribution in [0.3, 0.4) is 0 Å². The Hall–Kier alpha value is -1.12. The van der Waals surface area contributed by atoms with Crippen molar-refractivity contribution in [3.05, 3.63) is 48.0 Å². The maximum atomic E-state index is 9.10. The van der Waals surface area contributed by atoms with E-state index in [9.17, 15) is 0 Å². The molecule has 0 aliphatic heterocycles. The molecular formula is C12H17NO. The van der Waals surface area contributed by atoms with Gasteiger partial charge >= 0.3 is 0 Å². The fourth-order valence-electron chi connectivity index (χ4n) is 1.34. The highest BCUT2D eigenvalue weighted by molar-refractivity contribution is 5.28. The lowest BCUT2D eigenvalue weighted by molar-refractivity contribution is 0.154. The molecule has 2 heteroatoms. The molecule has 0 spiro atoms. The molecule has 1 aromatic rings. The fourth-order valence-corrected chi connectivity index (χ4v) is 1.34. The van der Waals surface area contributed by atoms with Crippen LogP contribution in [0.2, 0.25) is 0 Å². The second-order valence-electron chi connectivity index (χ2n) is 3.32. The van der Waals surface area contributed by atoms with Gasteiger partial charge in [0.05, 0.1) is 0 Å². The fraction of sp³-hybridized carbons (Fsp3) is 0.333. The summed E-state index contributed by atoms with van der Waals surface area (Å²) in [6, 6.07) is 8.17. The summed E-state index contributed by atoms with van der Waals surface area (Å²) in [6.45, 7) is 6.14. The average molecular weight is 191 g/mol. The molecule has 0 saturated heterocycles. The van der Waals surface area contributed by atoms with Crippen LogP contribution in [0.1, 0.15) is 18.1 Å². The van der Waals surface area contributed by atoms with E-state index in [4.69, 9.17) is 5.11 Å². The molecule has 0 aliphatic rings. The Morgan fingerprint density at radius 2 is 2.07 bits per heavy atom.